The third-order valence-electron chi connectivity index (χ3n) is 3.80. The molecule has 146 valence electrons. The second kappa shape index (κ2) is 10.5. The Bertz CT molecular complexity index is 773. The minimum atomic E-state index is -0.0726. The Balaban J connectivity index is 1.83. The lowest BCUT2D eigenvalue weighted by Gasteiger charge is -2.13. The normalized spacial score (nSPS) is 11.2. The lowest BCUT2D eigenvalue weighted by molar-refractivity contribution is -0.130. The fourth-order valence-corrected chi connectivity index (χ4v) is 2.98. The number of ether oxygens (including phenoxy) is 1. The van der Waals surface area contributed by atoms with Crippen molar-refractivity contribution in [3.05, 3.63) is 45.9 Å². The molecule has 0 unspecified atom stereocenters. The minimum Gasteiger partial charge on any atom is -0.484 e. The number of nitrogens with zero attached hydrogens (tertiary/aromatic N) is 3. The third kappa shape index (κ3) is 6.90. The Kier molecular flexibility index (Phi) is 8.06. The van der Waals surface area contributed by atoms with Crippen molar-refractivity contribution < 1.29 is 9.53 Å². The van der Waals surface area contributed by atoms with Gasteiger partial charge in [0.05, 0.1) is 6.54 Å². The maximum Gasteiger partial charge on any atom is 0.259 e. The van der Waals surface area contributed by atoms with Crippen molar-refractivity contribution in [3.63, 3.8) is 0 Å². The van der Waals surface area contributed by atoms with Gasteiger partial charge in [-0.15, -0.1) is 11.3 Å². The second-order valence-electron chi connectivity index (χ2n) is 6.08. The summed E-state index contributed by atoms with van der Waals surface area (Å²) >= 11 is 1.71. The first-order valence-electron chi connectivity index (χ1n) is 8.81. The summed E-state index contributed by atoms with van der Waals surface area (Å²) in [5.41, 5.74) is 1.04. The first kappa shape index (κ1) is 20.7. The molecular formula is C19H27N5O2S. The van der Waals surface area contributed by atoms with Crippen LogP contribution in [0.2, 0.25) is 0 Å². The third-order valence-corrected chi connectivity index (χ3v) is 4.94. The number of guanidine groups is 1. The molecule has 8 heteroatoms. The standard InChI is InChI=1S/C19H27N5O2S/c1-5-16-11-21-17(27-16)12-23-19(20-2)22-10-14-7-6-8-15(9-14)26-13-18(25)24(3)4/h6-9,11H,5,10,12-13H2,1-4H3,(H2,20,22,23). The Hall–Kier alpha value is -2.61. The van der Waals surface area contributed by atoms with Gasteiger partial charge in [-0.3, -0.25) is 9.79 Å². The Morgan fingerprint density at radius 2 is 2.07 bits per heavy atom. The highest BCUT2D eigenvalue weighted by atomic mass is 32.1. The number of carbonyl (C=O) groups is 1. The summed E-state index contributed by atoms with van der Waals surface area (Å²) in [5.74, 6) is 1.30. The fraction of sp³-hybridized carbons (Fsp3) is 0.421. The van der Waals surface area contributed by atoms with Gasteiger partial charge in [-0.1, -0.05) is 19.1 Å². The minimum absolute atomic E-state index is 0.0284. The van der Waals surface area contributed by atoms with E-state index in [1.807, 2.05) is 30.5 Å². The van der Waals surface area contributed by atoms with Crippen LogP contribution in [0, 0.1) is 0 Å². The van der Waals surface area contributed by atoms with E-state index in [0.29, 0.717) is 24.8 Å². The molecule has 27 heavy (non-hydrogen) atoms. The number of hydrogen-bond donors (Lipinski definition) is 2. The van der Waals surface area contributed by atoms with Gasteiger partial charge in [-0.2, -0.15) is 0 Å². The number of aromatic nitrogens is 1. The number of nitrogens with one attached hydrogen (secondary N) is 2. The van der Waals surface area contributed by atoms with Crippen LogP contribution in [0.1, 0.15) is 22.4 Å². The molecule has 0 bridgehead atoms. The molecule has 1 amide bonds. The molecule has 0 spiro atoms. The smallest absolute Gasteiger partial charge is 0.259 e. The van der Waals surface area contributed by atoms with E-state index < -0.39 is 0 Å². The highest BCUT2D eigenvalue weighted by molar-refractivity contribution is 7.11. The molecule has 0 saturated carbocycles. The molecule has 7 nitrogen and oxygen atoms in total. The van der Waals surface area contributed by atoms with Gasteiger partial charge >= 0.3 is 0 Å². The number of aryl methyl sites for hydroxylation is 1. The first-order chi connectivity index (χ1) is 13.0. The number of rotatable bonds is 8. The zero-order valence-electron chi connectivity index (χ0n) is 16.3. The van der Waals surface area contributed by atoms with E-state index in [1.54, 1.807) is 32.5 Å². The van der Waals surface area contributed by atoms with Crippen molar-refractivity contribution in [2.45, 2.75) is 26.4 Å². The van der Waals surface area contributed by atoms with Crippen molar-refractivity contribution >= 4 is 23.2 Å². The summed E-state index contributed by atoms with van der Waals surface area (Å²) in [7, 11) is 5.15. The van der Waals surface area contributed by atoms with E-state index in [1.165, 1.54) is 9.78 Å². The molecule has 2 rings (SSSR count). The van der Waals surface area contributed by atoms with Crippen LogP contribution in [-0.4, -0.2) is 49.5 Å². The molecule has 0 aliphatic rings. The SMILES string of the molecule is CCc1cnc(CNC(=NC)NCc2cccc(OCC(=O)N(C)C)c2)s1. The van der Waals surface area contributed by atoms with Crippen LogP contribution in [0.15, 0.2) is 35.5 Å². The molecule has 0 aliphatic carbocycles. The molecule has 1 heterocycles. The monoisotopic (exact) mass is 389 g/mol. The Morgan fingerprint density at radius 1 is 1.30 bits per heavy atom. The van der Waals surface area contributed by atoms with Crippen LogP contribution in [0.5, 0.6) is 5.75 Å². The quantitative estimate of drug-likeness (QED) is 0.534. The summed E-state index contributed by atoms with van der Waals surface area (Å²) in [5, 5.41) is 7.58. The van der Waals surface area contributed by atoms with Crippen LogP contribution in [0.25, 0.3) is 0 Å². The average molecular weight is 390 g/mol. The Labute approximate surface area is 164 Å². The fourth-order valence-electron chi connectivity index (χ4n) is 2.18. The van der Waals surface area contributed by atoms with Crippen molar-refractivity contribution in [2.24, 2.45) is 4.99 Å². The van der Waals surface area contributed by atoms with Gasteiger partial charge in [0, 0.05) is 38.8 Å². The summed E-state index contributed by atoms with van der Waals surface area (Å²) in [6.07, 6.45) is 2.92. The number of benzene rings is 1. The molecule has 0 aliphatic heterocycles. The lowest BCUT2D eigenvalue weighted by Crippen LogP contribution is -2.36. The predicted molar refractivity (Wildman–Crippen MR) is 109 cm³/mol. The number of amides is 1. The summed E-state index contributed by atoms with van der Waals surface area (Å²) < 4.78 is 5.55. The maximum absolute atomic E-state index is 11.6. The van der Waals surface area contributed by atoms with E-state index in [4.69, 9.17) is 4.74 Å². The molecule has 2 aromatic rings. The van der Waals surface area contributed by atoms with Crippen LogP contribution in [-0.2, 0) is 24.3 Å². The highest BCUT2D eigenvalue weighted by Crippen LogP contribution is 2.14. The lowest BCUT2D eigenvalue weighted by atomic mass is 10.2. The van der Waals surface area contributed by atoms with Crippen molar-refractivity contribution in [1.82, 2.24) is 20.5 Å². The number of aliphatic imine (C=N–C) groups is 1. The van der Waals surface area contributed by atoms with E-state index in [0.717, 1.165) is 17.0 Å². The predicted octanol–water partition coefficient (Wildman–Crippen LogP) is 2.04. The van der Waals surface area contributed by atoms with Gasteiger partial charge in [0.2, 0.25) is 0 Å². The van der Waals surface area contributed by atoms with Gasteiger partial charge < -0.3 is 20.3 Å². The zero-order valence-corrected chi connectivity index (χ0v) is 17.1. The molecule has 0 saturated heterocycles. The van der Waals surface area contributed by atoms with Gasteiger partial charge in [0.25, 0.3) is 5.91 Å². The summed E-state index contributed by atoms with van der Waals surface area (Å²) in [6.45, 7) is 3.39. The molecule has 0 radical (unpaired) electrons. The zero-order chi connectivity index (χ0) is 19.6. The molecule has 0 atom stereocenters. The Morgan fingerprint density at radius 3 is 2.74 bits per heavy atom. The van der Waals surface area contributed by atoms with Crippen LogP contribution < -0.4 is 15.4 Å². The van der Waals surface area contributed by atoms with Crippen molar-refractivity contribution in [2.75, 3.05) is 27.7 Å². The number of hydrogen-bond acceptors (Lipinski definition) is 5. The van der Waals surface area contributed by atoms with Gasteiger partial charge in [-0.25, -0.2) is 4.98 Å². The van der Waals surface area contributed by atoms with E-state index >= 15 is 0 Å². The first-order valence-corrected chi connectivity index (χ1v) is 9.63. The molecular weight excluding hydrogens is 362 g/mol. The molecule has 2 N–H and O–H groups in total. The second-order valence-corrected chi connectivity index (χ2v) is 7.28. The molecule has 1 aromatic carbocycles. The van der Waals surface area contributed by atoms with Crippen LogP contribution in [0.3, 0.4) is 0 Å². The summed E-state index contributed by atoms with van der Waals surface area (Å²) in [6, 6.07) is 7.66. The topological polar surface area (TPSA) is 78.9 Å². The van der Waals surface area contributed by atoms with Crippen molar-refractivity contribution in [3.8, 4) is 5.75 Å². The maximum atomic E-state index is 11.6. The van der Waals surface area contributed by atoms with Gasteiger partial charge in [0.1, 0.15) is 10.8 Å². The number of likely N-dealkylation sites (N-methyl/N-ethyl adjacent to an activating group) is 1. The molecule has 0 fully saturated rings. The van der Waals surface area contributed by atoms with E-state index in [-0.39, 0.29) is 12.5 Å². The van der Waals surface area contributed by atoms with Crippen LogP contribution in [0.4, 0.5) is 0 Å². The van der Waals surface area contributed by atoms with Gasteiger partial charge in [0.15, 0.2) is 12.6 Å². The average Bonchev–Trinajstić information content (AvgIpc) is 3.14. The van der Waals surface area contributed by atoms with E-state index in [9.17, 15) is 4.79 Å². The van der Waals surface area contributed by atoms with Crippen molar-refractivity contribution in [1.29, 1.82) is 0 Å². The number of thiazole rings is 1. The van der Waals surface area contributed by atoms with Gasteiger partial charge in [-0.05, 0) is 24.1 Å². The molecule has 1 aromatic heterocycles. The highest BCUT2D eigenvalue weighted by Gasteiger charge is 2.06. The van der Waals surface area contributed by atoms with E-state index in [2.05, 4.69) is 27.5 Å². The largest absolute Gasteiger partial charge is 0.484 e. The number of carbonyl (C=O) groups excluding carboxylic acids is 1. The summed E-state index contributed by atoms with van der Waals surface area (Å²) in [4.78, 5) is 23.0. The van der Waals surface area contributed by atoms with Crippen LogP contribution >= 0.6 is 11.3 Å².